The quantitative estimate of drug-likeness (QED) is 0.699. The van der Waals surface area contributed by atoms with Crippen LogP contribution in [-0.2, 0) is 6.54 Å². The van der Waals surface area contributed by atoms with Crippen LogP contribution in [0.2, 0.25) is 0 Å². The van der Waals surface area contributed by atoms with Crippen LogP contribution in [0.4, 0.5) is 17.5 Å². The fraction of sp³-hybridized carbons (Fsp3) is 0.238. The van der Waals surface area contributed by atoms with Gasteiger partial charge in [-0.05, 0) is 55.7 Å². The van der Waals surface area contributed by atoms with Crippen LogP contribution in [0.5, 0.6) is 0 Å². The molecule has 2 aromatic carbocycles. The third kappa shape index (κ3) is 4.35. The SMILES string of the molecule is CCN(Cc1ccccc1)c1ccnc(Nc2ccc(C)c(C)c2)n1. The van der Waals surface area contributed by atoms with Crippen molar-refractivity contribution in [3.8, 4) is 0 Å². The van der Waals surface area contributed by atoms with E-state index in [1.165, 1.54) is 16.7 Å². The number of aromatic nitrogens is 2. The lowest BCUT2D eigenvalue weighted by molar-refractivity contribution is 0.811. The topological polar surface area (TPSA) is 41.1 Å². The Balaban J connectivity index is 1.78. The maximum atomic E-state index is 4.69. The Bertz CT molecular complexity index is 830. The molecule has 4 nitrogen and oxygen atoms in total. The lowest BCUT2D eigenvalue weighted by Crippen LogP contribution is -2.23. The number of rotatable bonds is 6. The average Bonchev–Trinajstić information content (AvgIpc) is 2.64. The zero-order valence-corrected chi connectivity index (χ0v) is 15.0. The smallest absolute Gasteiger partial charge is 0.229 e. The van der Waals surface area contributed by atoms with Crippen molar-refractivity contribution in [1.82, 2.24) is 9.97 Å². The first-order valence-electron chi connectivity index (χ1n) is 8.62. The average molecular weight is 332 g/mol. The lowest BCUT2D eigenvalue weighted by Gasteiger charge is -2.22. The molecule has 25 heavy (non-hydrogen) atoms. The third-order valence-corrected chi connectivity index (χ3v) is 4.33. The fourth-order valence-corrected chi connectivity index (χ4v) is 2.69. The molecule has 0 aliphatic heterocycles. The van der Waals surface area contributed by atoms with Gasteiger partial charge in [-0.25, -0.2) is 4.98 Å². The molecular formula is C21H24N4. The van der Waals surface area contributed by atoms with E-state index in [0.29, 0.717) is 5.95 Å². The van der Waals surface area contributed by atoms with E-state index in [9.17, 15) is 0 Å². The van der Waals surface area contributed by atoms with Crippen molar-refractivity contribution in [3.63, 3.8) is 0 Å². The van der Waals surface area contributed by atoms with Gasteiger partial charge in [0.2, 0.25) is 5.95 Å². The summed E-state index contributed by atoms with van der Waals surface area (Å²) < 4.78 is 0. The van der Waals surface area contributed by atoms with Crippen LogP contribution in [0, 0.1) is 13.8 Å². The first-order chi connectivity index (χ1) is 12.2. The number of anilines is 3. The number of hydrogen-bond donors (Lipinski definition) is 1. The van der Waals surface area contributed by atoms with Crippen molar-refractivity contribution < 1.29 is 0 Å². The minimum absolute atomic E-state index is 0.618. The number of nitrogens with zero attached hydrogens (tertiary/aromatic N) is 3. The van der Waals surface area contributed by atoms with E-state index in [0.717, 1.165) is 24.6 Å². The zero-order valence-electron chi connectivity index (χ0n) is 15.0. The molecule has 0 unspecified atom stereocenters. The summed E-state index contributed by atoms with van der Waals surface area (Å²) in [4.78, 5) is 11.3. The largest absolute Gasteiger partial charge is 0.352 e. The van der Waals surface area contributed by atoms with Crippen molar-refractivity contribution >= 4 is 17.5 Å². The minimum Gasteiger partial charge on any atom is -0.352 e. The summed E-state index contributed by atoms with van der Waals surface area (Å²) in [6.45, 7) is 8.07. The standard InChI is InChI=1S/C21H24N4/c1-4-25(15-18-8-6-5-7-9-18)20-12-13-22-21(24-20)23-19-11-10-16(2)17(3)14-19/h5-14H,4,15H2,1-3H3,(H,22,23,24). The monoisotopic (exact) mass is 332 g/mol. The molecule has 1 aromatic heterocycles. The second kappa shape index (κ2) is 7.79. The Labute approximate surface area is 149 Å². The number of hydrogen-bond acceptors (Lipinski definition) is 4. The summed E-state index contributed by atoms with van der Waals surface area (Å²) in [6, 6.07) is 18.7. The van der Waals surface area contributed by atoms with E-state index >= 15 is 0 Å². The van der Waals surface area contributed by atoms with Crippen LogP contribution in [0.1, 0.15) is 23.6 Å². The van der Waals surface area contributed by atoms with Gasteiger partial charge in [0.15, 0.2) is 0 Å². The predicted octanol–water partition coefficient (Wildman–Crippen LogP) is 4.86. The van der Waals surface area contributed by atoms with E-state index < -0.39 is 0 Å². The molecular weight excluding hydrogens is 308 g/mol. The highest BCUT2D eigenvalue weighted by molar-refractivity contribution is 5.57. The van der Waals surface area contributed by atoms with Crippen LogP contribution in [0.25, 0.3) is 0 Å². The molecule has 0 aliphatic rings. The molecule has 3 aromatic rings. The Hall–Kier alpha value is -2.88. The molecule has 3 rings (SSSR count). The van der Waals surface area contributed by atoms with Gasteiger partial charge >= 0.3 is 0 Å². The molecule has 0 spiro atoms. The summed E-state index contributed by atoms with van der Waals surface area (Å²) in [7, 11) is 0. The second-order valence-electron chi connectivity index (χ2n) is 6.16. The third-order valence-electron chi connectivity index (χ3n) is 4.33. The Morgan fingerprint density at radius 1 is 0.960 bits per heavy atom. The van der Waals surface area contributed by atoms with Gasteiger partial charge in [0.1, 0.15) is 5.82 Å². The molecule has 0 fully saturated rings. The first-order valence-corrected chi connectivity index (χ1v) is 8.62. The molecule has 0 saturated heterocycles. The van der Waals surface area contributed by atoms with Crippen LogP contribution in [0.3, 0.4) is 0 Å². The highest BCUT2D eigenvalue weighted by atomic mass is 15.2. The summed E-state index contributed by atoms with van der Waals surface area (Å²) in [5.41, 5.74) is 4.80. The van der Waals surface area contributed by atoms with E-state index in [1.807, 2.05) is 12.1 Å². The van der Waals surface area contributed by atoms with Gasteiger partial charge in [-0.15, -0.1) is 0 Å². The first kappa shape index (κ1) is 17.0. The van der Waals surface area contributed by atoms with Gasteiger partial charge in [0, 0.05) is 25.0 Å². The predicted molar refractivity (Wildman–Crippen MR) is 104 cm³/mol. The van der Waals surface area contributed by atoms with Crippen LogP contribution in [-0.4, -0.2) is 16.5 Å². The molecule has 1 N–H and O–H groups in total. The van der Waals surface area contributed by atoms with Crippen molar-refractivity contribution in [2.75, 3.05) is 16.8 Å². The van der Waals surface area contributed by atoms with Gasteiger partial charge in [0.05, 0.1) is 0 Å². The Morgan fingerprint density at radius 2 is 1.76 bits per heavy atom. The zero-order chi connectivity index (χ0) is 17.6. The van der Waals surface area contributed by atoms with Crippen molar-refractivity contribution in [1.29, 1.82) is 0 Å². The van der Waals surface area contributed by atoms with Gasteiger partial charge in [0.25, 0.3) is 0 Å². The summed E-state index contributed by atoms with van der Waals surface area (Å²) in [6.07, 6.45) is 1.80. The maximum absolute atomic E-state index is 4.69. The summed E-state index contributed by atoms with van der Waals surface area (Å²) in [5.74, 6) is 1.54. The second-order valence-corrected chi connectivity index (χ2v) is 6.16. The van der Waals surface area contributed by atoms with Gasteiger partial charge < -0.3 is 10.2 Å². The maximum Gasteiger partial charge on any atom is 0.229 e. The molecule has 0 aliphatic carbocycles. The molecule has 1 heterocycles. The molecule has 0 amide bonds. The molecule has 128 valence electrons. The van der Waals surface area contributed by atoms with Crippen LogP contribution < -0.4 is 10.2 Å². The van der Waals surface area contributed by atoms with Crippen molar-refractivity contribution in [2.24, 2.45) is 0 Å². The molecule has 0 atom stereocenters. The molecule has 0 saturated carbocycles. The molecule has 0 radical (unpaired) electrons. The summed E-state index contributed by atoms with van der Waals surface area (Å²) >= 11 is 0. The normalized spacial score (nSPS) is 10.5. The summed E-state index contributed by atoms with van der Waals surface area (Å²) in [5, 5.41) is 3.31. The van der Waals surface area contributed by atoms with E-state index in [4.69, 9.17) is 4.98 Å². The number of aryl methyl sites for hydroxylation is 2. The highest BCUT2D eigenvalue weighted by Crippen LogP contribution is 2.20. The highest BCUT2D eigenvalue weighted by Gasteiger charge is 2.08. The van der Waals surface area contributed by atoms with E-state index in [-0.39, 0.29) is 0 Å². The number of nitrogens with one attached hydrogen (secondary N) is 1. The van der Waals surface area contributed by atoms with E-state index in [2.05, 4.69) is 78.4 Å². The Kier molecular flexibility index (Phi) is 5.29. The van der Waals surface area contributed by atoms with Crippen LogP contribution in [0.15, 0.2) is 60.8 Å². The van der Waals surface area contributed by atoms with E-state index in [1.54, 1.807) is 6.20 Å². The lowest BCUT2D eigenvalue weighted by atomic mass is 10.1. The Morgan fingerprint density at radius 3 is 2.48 bits per heavy atom. The van der Waals surface area contributed by atoms with Crippen molar-refractivity contribution in [3.05, 3.63) is 77.5 Å². The van der Waals surface area contributed by atoms with Gasteiger partial charge in [-0.2, -0.15) is 4.98 Å². The van der Waals surface area contributed by atoms with Gasteiger partial charge in [-0.1, -0.05) is 36.4 Å². The van der Waals surface area contributed by atoms with Gasteiger partial charge in [-0.3, -0.25) is 0 Å². The molecule has 0 bridgehead atoms. The fourth-order valence-electron chi connectivity index (χ4n) is 2.69. The minimum atomic E-state index is 0.618. The number of benzene rings is 2. The van der Waals surface area contributed by atoms with Crippen molar-refractivity contribution in [2.45, 2.75) is 27.3 Å². The molecule has 4 heteroatoms. The van der Waals surface area contributed by atoms with Crippen LogP contribution >= 0.6 is 0 Å².